The van der Waals surface area contributed by atoms with E-state index < -0.39 is 0 Å². The minimum Gasteiger partial charge on any atom is -0.329 e. The van der Waals surface area contributed by atoms with Gasteiger partial charge in [-0.05, 0) is 44.1 Å². The van der Waals surface area contributed by atoms with E-state index in [0.717, 1.165) is 24.4 Å². The molecule has 0 amide bonds. The SMILES string of the molecule is CCN(C1CCCC1)C1(CN)CCCCC1C(C)C. The Balaban J connectivity index is 2.25. The third kappa shape index (κ3) is 2.85. The lowest BCUT2D eigenvalue weighted by Crippen LogP contribution is -2.63. The molecule has 2 heteroatoms. The van der Waals surface area contributed by atoms with Gasteiger partial charge in [0.2, 0.25) is 0 Å². The van der Waals surface area contributed by atoms with Gasteiger partial charge in [0.05, 0.1) is 0 Å². The summed E-state index contributed by atoms with van der Waals surface area (Å²) in [4.78, 5) is 2.84. The fraction of sp³-hybridized carbons (Fsp3) is 1.00. The molecule has 19 heavy (non-hydrogen) atoms. The summed E-state index contributed by atoms with van der Waals surface area (Å²) in [5.41, 5.74) is 6.67. The average molecular weight is 266 g/mol. The van der Waals surface area contributed by atoms with E-state index >= 15 is 0 Å². The molecule has 2 nitrogen and oxygen atoms in total. The molecular weight excluding hydrogens is 232 g/mol. The van der Waals surface area contributed by atoms with Crippen molar-refractivity contribution in [1.29, 1.82) is 0 Å². The molecule has 0 aromatic rings. The average Bonchev–Trinajstić information content (AvgIpc) is 2.93. The Hall–Kier alpha value is -0.0800. The zero-order chi connectivity index (χ0) is 13.9. The molecule has 0 aromatic heterocycles. The third-order valence-corrected chi connectivity index (χ3v) is 5.90. The van der Waals surface area contributed by atoms with Gasteiger partial charge in [-0.2, -0.15) is 0 Å². The van der Waals surface area contributed by atoms with E-state index in [1.54, 1.807) is 0 Å². The number of nitrogens with zero attached hydrogens (tertiary/aromatic N) is 1. The van der Waals surface area contributed by atoms with E-state index in [-0.39, 0.29) is 0 Å². The summed E-state index contributed by atoms with van der Waals surface area (Å²) in [6, 6.07) is 0.813. The first-order valence-electron chi connectivity index (χ1n) is 8.62. The predicted molar refractivity (Wildman–Crippen MR) is 83.2 cm³/mol. The highest BCUT2D eigenvalue weighted by molar-refractivity contribution is 5.03. The quantitative estimate of drug-likeness (QED) is 0.820. The minimum absolute atomic E-state index is 0.302. The van der Waals surface area contributed by atoms with Crippen LogP contribution in [0.1, 0.15) is 72.1 Å². The number of hydrogen-bond acceptors (Lipinski definition) is 2. The Labute approximate surface area is 120 Å². The minimum atomic E-state index is 0.302. The molecule has 2 aliphatic carbocycles. The number of likely N-dealkylation sites (N-methyl/N-ethyl adjacent to an activating group) is 1. The topological polar surface area (TPSA) is 29.3 Å². The fourth-order valence-corrected chi connectivity index (χ4v) is 5.08. The van der Waals surface area contributed by atoms with Gasteiger partial charge >= 0.3 is 0 Å². The van der Waals surface area contributed by atoms with Crippen molar-refractivity contribution in [2.45, 2.75) is 83.7 Å². The monoisotopic (exact) mass is 266 g/mol. The molecule has 2 aliphatic rings. The van der Waals surface area contributed by atoms with Gasteiger partial charge in [-0.3, -0.25) is 4.90 Å². The first-order chi connectivity index (χ1) is 9.15. The van der Waals surface area contributed by atoms with E-state index in [2.05, 4.69) is 25.7 Å². The first-order valence-corrected chi connectivity index (χ1v) is 8.62. The largest absolute Gasteiger partial charge is 0.329 e. The maximum Gasteiger partial charge on any atom is 0.0365 e. The van der Waals surface area contributed by atoms with Crippen LogP contribution in [0.25, 0.3) is 0 Å². The van der Waals surface area contributed by atoms with Crippen molar-refractivity contribution in [2.24, 2.45) is 17.6 Å². The summed E-state index contributed by atoms with van der Waals surface area (Å²) in [6.45, 7) is 9.21. The maximum atomic E-state index is 6.37. The van der Waals surface area contributed by atoms with Crippen LogP contribution in [-0.4, -0.2) is 29.6 Å². The van der Waals surface area contributed by atoms with Gasteiger partial charge in [0.25, 0.3) is 0 Å². The molecule has 0 aromatic carbocycles. The van der Waals surface area contributed by atoms with Gasteiger partial charge < -0.3 is 5.73 Å². The van der Waals surface area contributed by atoms with Crippen molar-refractivity contribution in [2.75, 3.05) is 13.1 Å². The molecule has 0 spiro atoms. The Morgan fingerprint density at radius 2 is 1.74 bits per heavy atom. The van der Waals surface area contributed by atoms with Crippen LogP contribution in [0.4, 0.5) is 0 Å². The summed E-state index contributed by atoms with van der Waals surface area (Å²) in [5, 5.41) is 0. The highest BCUT2D eigenvalue weighted by atomic mass is 15.2. The normalized spacial score (nSPS) is 33.5. The molecule has 2 N–H and O–H groups in total. The van der Waals surface area contributed by atoms with Gasteiger partial charge in [-0.15, -0.1) is 0 Å². The van der Waals surface area contributed by atoms with Crippen molar-refractivity contribution in [3.05, 3.63) is 0 Å². The van der Waals surface area contributed by atoms with Crippen LogP contribution in [0.2, 0.25) is 0 Å². The van der Waals surface area contributed by atoms with Crippen LogP contribution >= 0.6 is 0 Å². The standard InChI is InChI=1S/C17H34N2/c1-4-19(15-9-5-6-10-15)17(13-18)12-8-7-11-16(17)14(2)3/h14-16H,4-13,18H2,1-3H3. The molecule has 112 valence electrons. The third-order valence-electron chi connectivity index (χ3n) is 5.90. The van der Waals surface area contributed by atoms with Crippen LogP contribution in [0.15, 0.2) is 0 Å². The zero-order valence-corrected chi connectivity index (χ0v) is 13.3. The molecule has 2 fully saturated rings. The lowest BCUT2D eigenvalue weighted by molar-refractivity contribution is -0.0363. The van der Waals surface area contributed by atoms with Crippen molar-refractivity contribution in [3.8, 4) is 0 Å². The van der Waals surface area contributed by atoms with Crippen LogP contribution < -0.4 is 5.73 Å². The van der Waals surface area contributed by atoms with Crippen LogP contribution in [0.3, 0.4) is 0 Å². The lowest BCUT2D eigenvalue weighted by Gasteiger charge is -2.54. The van der Waals surface area contributed by atoms with E-state index in [1.165, 1.54) is 57.9 Å². The highest BCUT2D eigenvalue weighted by Crippen LogP contribution is 2.44. The van der Waals surface area contributed by atoms with Crippen molar-refractivity contribution in [3.63, 3.8) is 0 Å². The second kappa shape index (κ2) is 6.58. The summed E-state index contributed by atoms with van der Waals surface area (Å²) < 4.78 is 0. The second-order valence-electron chi connectivity index (χ2n) is 7.13. The van der Waals surface area contributed by atoms with Gasteiger partial charge in [0, 0.05) is 18.1 Å². The maximum absolute atomic E-state index is 6.37. The van der Waals surface area contributed by atoms with Crippen molar-refractivity contribution in [1.82, 2.24) is 4.90 Å². The van der Waals surface area contributed by atoms with Crippen molar-refractivity contribution < 1.29 is 0 Å². The number of hydrogen-bond donors (Lipinski definition) is 1. The van der Waals surface area contributed by atoms with E-state index in [4.69, 9.17) is 5.73 Å². The molecule has 2 unspecified atom stereocenters. The summed E-state index contributed by atoms with van der Waals surface area (Å²) in [7, 11) is 0. The molecule has 0 aliphatic heterocycles. The molecule has 0 radical (unpaired) electrons. The fourth-order valence-electron chi connectivity index (χ4n) is 5.08. The molecule has 2 rings (SSSR count). The van der Waals surface area contributed by atoms with E-state index in [9.17, 15) is 0 Å². The van der Waals surface area contributed by atoms with Gasteiger partial charge in [-0.25, -0.2) is 0 Å². The van der Waals surface area contributed by atoms with Gasteiger partial charge in [0.15, 0.2) is 0 Å². The smallest absolute Gasteiger partial charge is 0.0365 e. The Morgan fingerprint density at radius 1 is 1.11 bits per heavy atom. The molecular formula is C17H34N2. The summed E-state index contributed by atoms with van der Waals surface area (Å²) >= 11 is 0. The van der Waals surface area contributed by atoms with Crippen molar-refractivity contribution >= 4 is 0 Å². The summed E-state index contributed by atoms with van der Waals surface area (Å²) in [5.74, 6) is 1.56. The Kier molecular flexibility index (Phi) is 5.30. The van der Waals surface area contributed by atoms with Crippen LogP contribution in [0.5, 0.6) is 0 Å². The van der Waals surface area contributed by atoms with Crippen LogP contribution in [0, 0.1) is 11.8 Å². The van der Waals surface area contributed by atoms with E-state index in [1.807, 2.05) is 0 Å². The predicted octanol–water partition coefficient (Wildman–Crippen LogP) is 3.79. The van der Waals surface area contributed by atoms with Gasteiger partial charge in [0.1, 0.15) is 0 Å². The number of rotatable bonds is 5. The summed E-state index contributed by atoms with van der Waals surface area (Å²) in [6.07, 6.45) is 11.2. The molecule has 0 saturated heterocycles. The highest BCUT2D eigenvalue weighted by Gasteiger charge is 2.47. The molecule has 0 bridgehead atoms. The molecule has 2 saturated carbocycles. The zero-order valence-electron chi connectivity index (χ0n) is 13.3. The lowest BCUT2D eigenvalue weighted by atomic mass is 9.66. The number of nitrogens with two attached hydrogens (primary N) is 1. The van der Waals surface area contributed by atoms with E-state index in [0.29, 0.717) is 5.54 Å². The Bertz CT molecular complexity index is 270. The first kappa shape index (κ1) is 15.3. The molecule has 2 atom stereocenters. The Morgan fingerprint density at radius 3 is 2.26 bits per heavy atom. The second-order valence-corrected chi connectivity index (χ2v) is 7.13. The molecule has 0 heterocycles. The van der Waals surface area contributed by atoms with Crippen LogP contribution in [-0.2, 0) is 0 Å². The van der Waals surface area contributed by atoms with Gasteiger partial charge in [-0.1, -0.05) is 46.5 Å².